The van der Waals surface area contributed by atoms with E-state index >= 15 is 0 Å². The number of furan rings is 1. The number of amides is 1. The molecule has 1 amide bonds. The van der Waals surface area contributed by atoms with E-state index in [4.69, 9.17) is 4.42 Å². The molecule has 2 aromatic rings. The van der Waals surface area contributed by atoms with Crippen LogP contribution in [0.1, 0.15) is 28.9 Å². The molecule has 108 valence electrons. The van der Waals surface area contributed by atoms with Crippen LogP contribution in [0, 0.1) is 6.92 Å². The van der Waals surface area contributed by atoms with Gasteiger partial charge in [-0.05, 0) is 48.0 Å². The zero-order valence-electron chi connectivity index (χ0n) is 11.6. The third kappa shape index (κ3) is 3.13. The summed E-state index contributed by atoms with van der Waals surface area (Å²) >= 11 is 3.32. The molecule has 0 unspecified atom stereocenters. The van der Waals surface area contributed by atoms with E-state index in [2.05, 4.69) is 21.2 Å². The van der Waals surface area contributed by atoms with Gasteiger partial charge >= 0.3 is 0 Å². The summed E-state index contributed by atoms with van der Waals surface area (Å²) in [5.74, 6) is 0.906. The molecule has 5 nitrogen and oxygen atoms in total. The molecule has 1 atom stereocenters. The van der Waals surface area contributed by atoms with Crippen LogP contribution in [0.25, 0.3) is 0 Å². The van der Waals surface area contributed by atoms with Gasteiger partial charge in [0.1, 0.15) is 22.8 Å². The van der Waals surface area contributed by atoms with Gasteiger partial charge in [-0.25, -0.2) is 0 Å². The zero-order valence-corrected chi connectivity index (χ0v) is 13.2. The second-order valence-electron chi connectivity index (χ2n) is 5.02. The molecule has 0 bridgehead atoms. The van der Waals surface area contributed by atoms with Crippen LogP contribution >= 0.6 is 15.9 Å². The molecular formula is C14H17BrN2O3. The Morgan fingerprint density at radius 3 is 2.75 bits per heavy atom. The molecule has 2 aromatic heterocycles. The van der Waals surface area contributed by atoms with E-state index in [0.29, 0.717) is 11.5 Å². The highest BCUT2D eigenvalue weighted by atomic mass is 79.9. The van der Waals surface area contributed by atoms with Crippen molar-refractivity contribution in [2.24, 2.45) is 7.05 Å². The summed E-state index contributed by atoms with van der Waals surface area (Å²) in [4.78, 5) is 12.1. The summed E-state index contributed by atoms with van der Waals surface area (Å²) in [7, 11) is 1.79. The third-order valence-corrected chi connectivity index (χ3v) is 3.50. The summed E-state index contributed by atoms with van der Waals surface area (Å²) in [5.41, 5.74) is -0.727. The van der Waals surface area contributed by atoms with Crippen LogP contribution in [0.15, 0.2) is 33.3 Å². The summed E-state index contributed by atoms with van der Waals surface area (Å²) in [6.07, 6.45) is 1.79. The lowest BCUT2D eigenvalue weighted by atomic mass is 10.0. The average molecular weight is 341 g/mol. The van der Waals surface area contributed by atoms with E-state index in [-0.39, 0.29) is 12.5 Å². The predicted octanol–water partition coefficient (Wildman–Crippen LogP) is 2.33. The first-order valence-electron chi connectivity index (χ1n) is 6.19. The summed E-state index contributed by atoms with van der Waals surface area (Å²) < 4.78 is 7.95. The molecule has 0 saturated carbocycles. The SMILES string of the molecule is Cc1ccc([C@@](C)(O)CNC(=O)c2cc(Br)cn2C)o1. The molecule has 0 saturated heterocycles. The molecule has 0 radical (unpaired) electrons. The standard InChI is InChI=1S/C14H17BrN2O3/c1-9-4-5-12(20-9)14(2,19)8-16-13(18)11-6-10(15)7-17(11)3/h4-7,19H,8H2,1-3H3,(H,16,18)/t14-/m0/s1. The lowest BCUT2D eigenvalue weighted by Gasteiger charge is -2.21. The Bertz CT molecular complexity index is 628. The van der Waals surface area contributed by atoms with E-state index in [1.807, 2.05) is 0 Å². The number of hydrogen-bond donors (Lipinski definition) is 2. The fourth-order valence-electron chi connectivity index (χ4n) is 1.90. The van der Waals surface area contributed by atoms with Crippen molar-refractivity contribution in [2.75, 3.05) is 6.54 Å². The Kier molecular flexibility index (Phi) is 4.06. The van der Waals surface area contributed by atoms with Crippen LogP contribution in [0.4, 0.5) is 0 Å². The number of aromatic nitrogens is 1. The molecule has 2 rings (SSSR count). The van der Waals surface area contributed by atoms with Crippen molar-refractivity contribution in [1.82, 2.24) is 9.88 Å². The normalized spacial score (nSPS) is 14.1. The molecule has 20 heavy (non-hydrogen) atoms. The van der Waals surface area contributed by atoms with Crippen molar-refractivity contribution in [3.63, 3.8) is 0 Å². The third-order valence-electron chi connectivity index (χ3n) is 3.07. The van der Waals surface area contributed by atoms with Crippen molar-refractivity contribution in [3.05, 3.63) is 46.1 Å². The number of rotatable bonds is 4. The molecule has 0 fully saturated rings. The first-order valence-corrected chi connectivity index (χ1v) is 6.98. The molecule has 6 heteroatoms. The van der Waals surface area contributed by atoms with Crippen LogP contribution < -0.4 is 5.32 Å². The number of aliphatic hydroxyl groups is 1. The predicted molar refractivity (Wildman–Crippen MR) is 78.5 cm³/mol. The fraction of sp³-hybridized carbons (Fsp3) is 0.357. The maximum absolute atomic E-state index is 12.1. The van der Waals surface area contributed by atoms with Gasteiger partial charge in [0.25, 0.3) is 5.91 Å². The van der Waals surface area contributed by atoms with Crippen LogP contribution in [0.3, 0.4) is 0 Å². The van der Waals surface area contributed by atoms with Crippen molar-refractivity contribution >= 4 is 21.8 Å². The smallest absolute Gasteiger partial charge is 0.268 e. The number of carbonyl (C=O) groups is 1. The lowest BCUT2D eigenvalue weighted by molar-refractivity contribution is 0.0322. The fourth-order valence-corrected chi connectivity index (χ4v) is 2.43. The minimum atomic E-state index is -1.24. The Morgan fingerprint density at radius 2 is 2.25 bits per heavy atom. The second kappa shape index (κ2) is 5.46. The van der Waals surface area contributed by atoms with E-state index in [9.17, 15) is 9.90 Å². The largest absolute Gasteiger partial charge is 0.463 e. The Morgan fingerprint density at radius 1 is 1.55 bits per heavy atom. The van der Waals surface area contributed by atoms with E-state index in [0.717, 1.165) is 10.2 Å². The van der Waals surface area contributed by atoms with E-state index < -0.39 is 5.60 Å². The number of hydrogen-bond acceptors (Lipinski definition) is 3. The number of nitrogens with one attached hydrogen (secondary N) is 1. The molecular weight excluding hydrogens is 324 g/mol. The number of carbonyl (C=O) groups excluding carboxylic acids is 1. The Labute approximate surface area is 125 Å². The highest BCUT2D eigenvalue weighted by Crippen LogP contribution is 2.22. The van der Waals surface area contributed by atoms with Crippen LogP contribution in [0.2, 0.25) is 0 Å². The molecule has 0 spiro atoms. The van der Waals surface area contributed by atoms with Crippen molar-refractivity contribution in [1.29, 1.82) is 0 Å². The first-order chi connectivity index (χ1) is 9.29. The quantitative estimate of drug-likeness (QED) is 0.897. The minimum absolute atomic E-state index is 0.0710. The van der Waals surface area contributed by atoms with Gasteiger partial charge in [0.05, 0.1) is 6.54 Å². The maximum Gasteiger partial charge on any atom is 0.268 e. The molecule has 0 aromatic carbocycles. The topological polar surface area (TPSA) is 67.4 Å². The summed E-state index contributed by atoms with van der Waals surface area (Å²) in [6.45, 7) is 3.48. The van der Waals surface area contributed by atoms with Gasteiger partial charge in [-0.3, -0.25) is 4.79 Å². The van der Waals surface area contributed by atoms with E-state index in [1.165, 1.54) is 0 Å². The minimum Gasteiger partial charge on any atom is -0.463 e. The average Bonchev–Trinajstić information content (AvgIpc) is 2.93. The number of halogens is 1. The zero-order chi connectivity index (χ0) is 14.9. The number of aryl methyl sites for hydroxylation is 2. The molecule has 2 N–H and O–H groups in total. The number of nitrogens with zero attached hydrogens (tertiary/aromatic N) is 1. The lowest BCUT2D eigenvalue weighted by Crippen LogP contribution is -2.38. The first kappa shape index (κ1) is 14.9. The maximum atomic E-state index is 12.1. The molecule has 0 aliphatic carbocycles. The Balaban J connectivity index is 2.04. The Hall–Kier alpha value is -1.53. The van der Waals surface area contributed by atoms with Crippen LogP contribution in [-0.2, 0) is 12.6 Å². The van der Waals surface area contributed by atoms with Gasteiger partial charge in [0, 0.05) is 17.7 Å². The van der Waals surface area contributed by atoms with Gasteiger partial charge in [0.2, 0.25) is 0 Å². The van der Waals surface area contributed by atoms with Gasteiger partial charge in [0.15, 0.2) is 0 Å². The van der Waals surface area contributed by atoms with Gasteiger partial charge in [-0.15, -0.1) is 0 Å². The molecule has 0 aliphatic heterocycles. The second-order valence-corrected chi connectivity index (χ2v) is 5.94. The van der Waals surface area contributed by atoms with Crippen molar-refractivity contribution in [2.45, 2.75) is 19.4 Å². The molecule has 2 heterocycles. The van der Waals surface area contributed by atoms with Gasteiger partial charge < -0.3 is 19.4 Å². The van der Waals surface area contributed by atoms with E-state index in [1.54, 1.807) is 49.9 Å². The van der Waals surface area contributed by atoms with Crippen LogP contribution in [0.5, 0.6) is 0 Å². The highest BCUT2D eigenvalue weighted by Gasteiger charge is 2.27. The summed E-state index contributed by atoms with van der Waals surface area (Å²) in [6, 6.07) is 5.21. The highest BCUT2D eigenvalue weighted by molar-refractivity contribution is 9.10. The molecule has 0 aliphatic rings. The van der Waals surface area contributed by atoms with Gasteiger partial charge in [-0.1, -0.05) is 0 Å². The van der Waals surface area contributed by atoms with Crippen molar-refractivity contribution in [3.8, 4) is 0 Å². The van der Waals surface area contributed by atoms with Gasteiger partial charge in [-0.2, -0.15) is 0 Å². The summed E-state index contributed by atoms with van der Waals surface area (Å²) in [5, 5.41) is 13.1. The van der Waals surface area contributed by atoms with Crippen LogP contribution in [-0.4, -0.2) is 22.1 Å². The van der Waals surface area contributed by atoms with Crippen molar-refractivity contribution < 1.29 is 14.3 Å². The monoisotopic (exact) mass is 340 g/mol.